The highest BCUT2D eigenvalue weighted by Crippen LogP contribution is 2.27. The molecule has 2 aromatic carbocycles. The van der Waals surface area contributed by atoms with Crippen LogP contribution >= 0.6 is 15.9 Å². The van der Waals surface area contributed by atoms with Crippen molar-refractivity contribution in [2.75, 3.05) is 6.61 Å². The Balaban J connectivity index is 2.20. The Bertz CT molecular complexity index is 564. The molecule has 0 saturated carbocycles. The zero-order valence-corrected chi connectivity index (χ0v) is 11.8. The van der Waals surface area contributed by atoms with E-state index in [-0.39, 0.29) is 6.61 Å². The highest BCUT2D eigenvalue weighted by Gasteiger charge is 2.05. The predicted molar refractivity (Wildman–Crippen MR) is 76.8 cm³/mol. The van der Waals surface area contributed by atoms with E-state index in [1.54, 1.807) is 18.2 Å². The SMILES string of the molecule is O=Cc1ccc(Br)cc1Oc1ccc(CCO)cc1. The Hall–Kier alpha value is -1.65. The summed E-state index contributed by atoms with van der Waals surface area (Å²) in [5.41, 5.74) is 1.54. The Morgan fingerprint density at radius 2 is 1.89 bits per heavy atom. The minimum atomic E-state index is 0.126. The largest absolute Gasteiger partial charge is 0.457 e. The molecule has 0 aliphatic heterocycles. The van der Waals surface area contributed by atoms with Crippen LogP contribution in [0.15, 0.2) is 46.9 Å². The van der Waals surface area contributed by atoms with Crippen molar-refractivity contribution in [3.63, 3.8) is 0 Å². The number of rotatable bonds is 5. The third-order valence-electron chi connectivity index (χ3n) is 2.65. The minimum Gasteiger partial charge on any atom is -0.457 e. The van der Waals surface area contributed by atoms with Crippen LogP contribution in [0, 0.1) is 0 Å². The zero-order chi connectivity index (χ0) is 13.7. The molecule has 0 aliphatic carbocycles. The van der Waals surface area contributed by atoms with E-state index in [2.05, 4.69) is 15.9 Å². The second-order valence-electron chi connectivity index (χ2n) is 4.02. The van der Waals surface area contributed by atoms with E-state index in [1.807, 2.05) is 24.3 Å². The lowest BCUT2D eigenvalue weighted by atomic mass is 10.1. The van der Waals surface area contributed by atoms with Crippen LogP contribution in [0.2, 0.25) is 0 Å². The molecule has 0 bridgehead atoms. The highest BCUT2D eigenvalue weighted by atomic mass is 79.9. The molecule has 98 valence electrons. The van der Waals surface area contributed by atoms with Gasteiger partial charge in [0.25, 0.3) is 0 Å². The molecule has 3 nitrogen and oxygen atoms in total. The summed E-state index contributed by atoms with van der Waals surface area (Å²) in [7, 11) is 0. The quantitative estimate of drug-likeness (QED) is 0.856. The van der Waals surface area contributed by atoms with Crippen LogP contribution in [-0.2, 0) is 6.42 Å². The summed E-state index contributed by atoms with van der Waals surface area (Å²) in [6.07, 6.45) is 1.39. The first-order valence-electron chi connectivity index (χ1n) is 5.85. The highest BCUT2D eigenvalue weighted by molar-refractivity contribution is 9.10. The van der Waals surface area contributed by atoms with Gasteiger partial charge in [0, 0.05) is 11.1 Å². The summed E-state index contributed by atoms with van der Waals surface area (Å²) in [5, 5.41) is 8.85. The topological polar surface area (TPSA) is 46.5 Å². The van der Waals surface area contributed by atoms with Crippen molar-refractivity contribution in [2.45, 2.75) is 6.42 Å². The van der Waals surface area contributed by atoms with Crippen molar-refractivity contribution in [1.82, 2.24) is 0 Å². The van der Waals surface area contributed by atoms with Crippen LogP contribution in [0.1, 0.15) is 15.9 Å². The molecule has 0 heterocycles. The van der Waals surface area contributed by atoms with Gasteiger partial charge in [-0.05, 0) is 42.3 Å². The Morgan fingerprint density at radius 1 is 1.16 bits per heavy atom. The average molecular weight is 321 g/mol. The number of carbonyl (C=O) groups excluding carboxylic acids is 1. The molecule has 0 radical (unpaired) electrons. The summed E-state index contributed by atoms with van der Waals surface area (Å²) in [6, 6.07) is 12.7. The van der Waals surface area contributed by atoms with E-state index in [0.717, 1.165) is 16.3 Å². The van der Waals surface area contributed by atoms with Gasteiger partial charge in [0.05, 0.1) is 5.56 Å². The predicted octanol–water partition coefficient (Wildman–Crippen LogP) is 3.59. The number of halogens is 1. The van der Waals surface area contributed by atoms with Crippen LogP contribution < -0.4 is 4.74 Å². The van der Waals surface area contributed by atoms with Gasteiger partial charge in [0.1, 0.15) is 11.5 Å². The van der Waals surface area contributed by atoms with Crippen LogP contribution in [0.25, 0.3) is 0 Å². The van der Waals surface area contributed by atoms with E-state index in [0.29, 0.717) is 23.5 Å². The number of carbonyl (C=O) groups is 1. The molecule has 0 unspecified atom stereocenters. The summed E-state index contributed by atoms with van der Waals surface area (Å²) in [5.74, 6) is 1.17. The molecule has 0 saturated heterocycles. The molecule has 2 rings (SSSR count). The maximum atomic E-state index is 10.9. The van der Waals surface area contributed by atoms with E-state index in [4.69, 9.17) is 9.84 Å². The number of hydrogen-bond acceptors (Lipinski definition) is 3. The Labute approximate surface area is 120 Å². The standard InChI is InChI=1S/C15H13BrO3/c16-13-4-3-12(10-18)15(9-13)19-14-5-1-11(2-6-14)7-8-17/h1-6,9-10,17H,7-8H2. The van der Waals surface area contributed by atoms with Crippen LogP contribution in [0.4, 0.5) is 0 Å². The summed E-state index contributed by atoms with van der Waals surface area (Å²) < 4.78 is 6.54. The lowest BCUT2D eigenvalue weighted by Gasteiger charge is -2.09. The molecule has 0 aromatic heterocycles. The van der Waals surface area contributed by atoms with Gasteiger partial charge >= 0.3 is 0 Å². The number of aldehydes is 1. The Morgan fingerprint density at radius 3 is 2.53 bits per heavy atom. The third kappa shape index (κ3) is 3.66. The molecule has 0 aliphatic rings. The van der Waals surface area contributed by atoms with Crippen molar-refractivity contribution in [3.8, 4) is 11.5 Å². The summed E-state index contributed by atoms with van der Waals surface area (Å²) >= 11 is 3.35. The fourth-order valence-electron chi connectivity index (χ4n) is 1.67. The van der Waals surface area contributed by atoms with E-state index < -0.39 is 0 Å². The molecule has 1 N–H and O–H groups in total. The number of benzene rings is 2. The molecule has 4 heteroatoms. The van der Waals surface area contributed by atoms with Crippen molar-refractivity contribution >= 4 is 22.2 Å². The van der Waals surface area contributed by atoms with Crippen LogP contribution in [0.5, 0.6) is 11.5 Å². The second-order valence-corrected chi connectivity index (χ2v) is 4.94. The molecule has 0 fully saturated rings. The van der Waals surface area contributed by atoms with Crippen LogP contribution in [-0.4, -0.2) is 18.0 Å². The number of aliphatic hydroxyl groups excluding tert-OH is 1. The monoisotopic (exact) mass is 320 g/mol. The van der Waals surface area contributed by atoms with Gasteiger partial charge in [-0.15, -0.1) is 0 Å². The summed E-state index contributed by atoms with van der Waals surface area (Å²) in [4.78, 5) is 10.9. The number of hydrogen-bond donors (Lipinski definition) is 1. The van der Waals surface area contributed by atoms with Crippen molar-refractivity contribution < 1.29 is 14.6 Å². The fraction of sp³-hybridized carbons (Fsp3) is 0.133. The molecule has 19 heavy (non-hydrogen) atoms. The zero-order valence-electron chi connectivity index (χ0n) is 10.2. The van der Waals surface area contributed by atoms with Crippen molar-refractivity contribution in [2.24, 2.45) is 0 Å². The molecular formula is C15H13BrO3. The molecule has 2 aromatic rings. The van der Waals surface area contributed by atoms with E-state index in [1.165, 1.54) is 0 Å². The first-order chi connectivity index (χ1) is 9.22. The molecular weight excluding hydrogens is 308 g/mol. The van der Waals surface area contributed by atoms with Gasteiger partial charge in [0.15, 0.2) is 6.29 Å². The van der Waals surface area contributed by atoms with Crippen molar-refractivity contribution in [3.05, 3.63) is 58.1 Å². The first-order valence-corrected chi connectivity index (χ1v) is 6.64. The number of aliphatic hydroxyl groups is 1. The Kier molecular flexibility index (Phi) is 4.71. The maximum Gasteiger partial charge on any atom is 0.153 e. The third-order valence-corrected chi connectivity index (χ3v) is 3.15. The van der Waals surface area contributed by atoms with E-state index >= 15 is 0 Å². The lowest BCUT2D eigenvalue weighted by Crippen LogP contribution is -1.92. The molecule has 0 atom stereocenters. The van der Waals surface area contributed by atoms with Gasteiger partial charge in [-0.25, -0.2) is 0 Å². The minimum absolute atomic E-state index is 0.126. The maximum absolute atomic E-state index is 10.9. The van der Waals surface area contributed by atoms with Crippen LogP contribution in [0.3, 0.4) is 0 Å². The normalized spacial score (nSPS) is 10.2. The molecule has 0 amide bonds. The smallest absolute Gasteiger partial charge is 0.153 e. The van der Waals surface area contributed by atoms with Gasteiger partial charge in [-0.1, -0.05) is 28.1 Å². The van der Waals surface area contributed by atoms with E-state index in [9.17, 15) is 4.79 Å². The van der Waals surface area contributed by atoms with Gasteiger partial charge in [0.2, 0.25) is 0 Å². The van der Waals surface area contributed by atoms with Crippen molar-refractivity contribution in [1.29, 1.82) is 0 Å². The average Bonchev–Trinajstić information content (AvgIpc) is 2.42. The fourth-order valence-corrected chi connectivity index (χ4v) is 2.01. The lowest BCUT2D eigenvalue weighted by molar-refractivity contribution is 0.112. The molecule has 0 spiro atoms. The van der Waals surface area contributed by atoms with Gasteiger partial charge in [-0.3, -0.25) is 4.79 Å². The van der Waals surface area contributed by atoms with Gasteiger partial charge in [-0.2, -0.15) is 0 Å². The second kappa shape index (κ2) is 6.50. The summed E-state index contributed by atoms with van der Waals surface area (Å²) in [6.45, 7) is 0.126. The first kappa shape index (κ1) is 13.8. The van der Waals surface area contributed by atoms with Gasteiger partial charge < -0.3 is 9.84 Å². The number of ether oxygens (including phenoxy) is 1.